The van der Waals surface area contributed by atoms with E-state index in [1.165, 1.54) is 0 Å². The predicted molar refractivity (Wildman–Crippen MR) is 149 cm³/mol. The Bertz CT molecular complexity index is 1190. The molecular formula is C32H39NO5. The number of amides is 1. The van der Waals surface area contributed by atoms with Crippen molar-refractivity contribution in [2.45, 2.75) is 57.5 Å². The van der Waals surface area contributed by atoms with Gasteiger partial charge in [-0.2, -0.15) is 0 Å². The van der Waals surface area contributed by atoms with Crippen molar-refractivity contribution >= 4 is 6.09 Å². The number of carbonyl (C=O) groups excluding carboxylic acids is 1. The number of aliphatic hydroxyl groups excluding tert-OH is 1. The van der Waals surface area contributed by atoms with Crippen molar-refractivity contribution in [3.63, 3.8) is 0 Å². The third-order valence-electron chi connectivity index (χ3n) is 7.15. The highest BCUT2D eigenvalue weighted by molar-refractivity contribution is 5.68. The van der Waals surface area contributed by atoms with Gasteiger partial charge < -0.3 is 24.6 Å². The van der Waals surface area contributed by atoms with E-state index in [1.807, 2.05) is 69.3 Å². The Labute approximate surface area is 225 Å². The molecule has 0 saturated carbocycles. The number of nitrogens with zero attached hydrogens (tertiary/aromatic N) is 1. The number of likely N-dealkylation sites (tertiary alicyclic amines) is 1. The summed E-state index contributed by atoms with van der Waals surface area (Å²) in [5.41, 5.74) is 3.23. The van der Waals surface area contributed by atoms with Gasteiger partial charge in [-0.15, -0.1) is 0 Å². The van der Waals surface area contributed by atoms with Gasteiger partial charge >= 0.3 is 6.09 Å². The highest BCUT2D eigenvalue weighted by Crippen LogP contribution is 2.45. The maximum Gasteiger partial charge on any atom is 0.410 e. The number of hydrogen-bond donors (Lipinski definition) is 2. The minimum atomic E-state index is -0.540. The van der Waals surface area contributed by atoms with Crippen molar-refractivity contribution < 1.29 is 24.5 Å². The Morgan fingerprint density at radius 3 is 2.21 bits per heavy atom. The van der Waals surface area contributed by atoms with E-state index < -0.39 is 11.0 Å². The number of aliphatic hydroxyl groups is 1. The van der Waals surface area contributed by atoms with Gasteiger partial charge in [-0.1, -0.05) is 54.6 Å². The average molecular weight is 518 g/mol. The van der Waals surface area contributed by atoms with Crippen molar-refractivity contribution in [3.05, 3.63) is 95.1 Å². The highest BCUT2D eigenvalue weighted by atomic mass is 16.6. The van der Waals surface area contributed by atoms with Gasteiger partial charge in [-0.25, -0.2) is 4.79 Å². The second kappa shape index (κ2) is 11.9. The van der Waals surface area contributed by atoms with E-state index in [4.69, 9.17) is 14.6 Å². The number of ether oxygens (including phenoxy) is 2. The molecule has 1 amide bonds. The van der Waals surface area contributed by atoms with E-state index in [1.54, 1.807) is 11.0 Å². The van der Waals surface area contributed by atoms with Gasteiger partial charge in [0.1, 0.15) is 17.1 Å². The van der Waals surface area contributed by atoms with E-state index in [0.29, 0.717) is 45.4 Å². The number of phenolic OH excluding ortho intramolecular Hbond substituents is 1. The zero-order valence-electron chi connectivity index (χ0n) is 22.7. The molecule has 0 atom stereocenters. The molecule has 3 aromatic carbocycles. The number of phenols is 1. The van der Waals surface area contributed by atoms with E-state index in [9.17, 15) is 9.90 Å². The molecule has 0 spiro atoms. The maximum absolute atomic E-state index is 12.7. The SMILES string of the molecule is CC(C)(C)OC(=O)N1CCC(c2ccccc2)(c2cc(CCOc3ccc(CCO)cc3)ccc2O)CC1. The number of rotatable bonds is 8. The summed E-state index contributed by atoms with van der Waals surface area (Å²) in [4.78, 5) is 14.5. The Morgan fingerprint density at radius 2 is 1.58 bits per heavy atom. The molecule has 1 saturated heterocycles. The summed E-state index contributed by atoms with van der Waals surface area (Å²) >= 11 is 0. The first kappa shape index (κ1) is 27.5. The van der Waals surface area contributed by atoms with Crippen molar-refractivity contribution in [2.24, 2.45) is 0 Å². The molecule has 6 heteroatoms. The lowest BCUT2D eigenvalue weighted by atomic mass is 9.67. The Morgan fingerprint density at radius 1 is 0.921 bits per heavy atom. The molecule has 4 rings (SSSR count). The largest absolute Gasteiger partial charge is 0.508 e. The van der Waals surface area contributed by atoms with Crippen LogP contribution in [0.2, 0.25) is 0 Å². The van der Waals surface area contributed by atoms with Crippen LogP contribution < -0.4 is 4.74 Å². The van der Waals surface area contributed by atoms with Gasteiger partial charge in [0.15, 0.2) is 0 Å². The van der Waals surface area contributed by atoms with Crippen LogP contribution in [0.4, 0.5) is 4.79 Å². The van der Waals surface area contributed by atoms with Gasteiger partial charge in [0.25, 0.3) is 0 Å². The summed E-state index contributed by atoms with van der Waals surface area (Å²) in [7, 11) is 0. The molecule has 1 fully saturated rings. The molecule has 3 aromatic rings. The number of piperidine rings is 1. The number of carbonyl (C=O) groups is 1. The van der Waals surface area contributed by atoms with E-state index in [0.717, 1.165) is 28.0 Å². The van der Waals surface area contributed by atoms with Crippen LogP contribution in [-0.4, -0.2) is 53.1 Å². The lowest BCUT2D eigenvalue weighted by Crippen LogP contribution is -2.47. The van der Waals surface area contributed by atoms with Crippen LogP contribution in [0, 0.1) is 0 Å². The summed E-state index contributed by atoms with van der Waals surface area (Å²) in [6, 6.07) is 23.9. The standard InChI is InChI=1S/C32H39NO5/c1-31(2,3)38-30(36)33-19-17-32(18-20-33,26-7-5-4-6-8-26)28-23-25(11-14-29(28)35)16-22-37-27-12-9-24(10-13-27)15-21-34/h4-14,23,34-35H,15-22H2,1-3H3. The first-order valence-corrected chi connectivity index (χ1v) is 13.4. The molecule has 202 valence electrons. The van der Waals surface area contributed by atoms with Crippen LogP contribution in [0.5, 0.6) is 11.5 Å². The van der Waals surface area contributed by atoms with E-state index in [2.05, 4.69) is 18.2 Å². The Hall–Kier alpha value is -3.51. The Kier molecular flexibility index (Phi) is 8.62. The van der Waals surface area contributed by atoms with Gasteiger partial charge in [0.05, 0.1) is 6.61 Å². The molecule has 1 heterocycles. The van der Waals surface area contributed by atoms with Crippen LogP contribution in [0.25, 0.3) is 0 Å². The smallest absolute Gasteiger partial charge is 0.410 e. The fraction of sp³-hybridized carbons (Fsp3) is 0.406. The minimum Gasteiger partial charge on any atom is -0.508 e. The minimum absolute atomic E-state index is 0.132. The van der Waals surface area contributed by atoms with Crippen LogP contribution in [-0.2, 0) is 23.0 Å². The molecule has 38 heavy (non-hydrogen) atoms. The average Bonchev–Trinajstić information content (AvgIpc) is 2.90. The van der Waals surface area contributed by atoms with Crippen LogP contribution in [0.15, 0.2) is 72.8 Å². The van der Waals surface area contributed by atoms with E-state index in [-0.39, 0.29) is 18.4 Å². The normalized spacial score (nSPS) is 15.2. The first-order chi connectivity index (χ1) is 18.2. The fourth-order valence-electron chi connectivity index (χ4n) is 5.16. The lowest BCUT2D eigenvalue weighted by Gasteiger charge is -2.43. The molecule has 1 aliphatic heterocycles. The van der Waals surface area contributed by atoms with Crippen molar-refractivity contribution in [3.8, 4) is 11.5 Å². The van der Waals surface area contributed by atoms with Gasteiger partial charge in [0, 0.05) is 37.1 Å². The van der Waals surface area contributed by atoms with E-state index >= 15 is 0 Å². The third-order valence-corrected chi connectivity index (χ3v) is 7.15. The molecule has 1 aliphatic rings. The number of benzene rings is 3. The lowest BCUT2D eigenvalue weighted by molar-refractivity contribution is 0.0179. The summed E-state index contributed by atoms with van der Waals surface area (Å²) in [5.74, 6) is 1.06. The van der Waals surface area contributed by atoms with Crippen LogP contribution >= 0.6 is 0 Å². The zero-order valence-corrected chi connectivity index (χ0v) is 22.7. The number of aromatic hydroxyl groups is 1. The van der Waals surface area contributed by atoms with Crippen molar-refractivity contribution in [2.75, 3.05) is 26.3 Å². The summed E-state index contributed by atoms with van der Waals surface area (Å²) in [5, 5.41) is 20.1. The second-order valence-corrected chi connectivity index (χ2v) is 11.0. The molecule has 0 unspecified atom stereocenters. The predicted octanol–water partition coefficient (Wildman–Crippen LogP) is 5.87. The first-order valence-electron chi connectivity index (χ1n) is 13.4. The topological polar surface area (TPSA) is 79.2 Å². The van der Waals surface area contributed by atoms with Crippen LogP contribution in [0.1, 0.15) is 55.9 Å². The fourth-order valence-corrected chi connectivity index (χ4v) is 5.16. The van der Waals surface area contributed by atoms with Gasteiger partial charge in [-0.3, -0.25) is 0 Å². The number of hydrogen-bond acceptors (Lipinski definition) is 5. The monoisotopic (exact) mass is 517 g/mol. The molecule has 2 N–H and O–H groups in total. The highest BCUT2D eigenvalue weighted by Gasteiger charge is 2.41. The zero-order chi connectivity index (χ0) is 27.2. The van der Waals surface area contributed by atoms with Gasteiger partial charge in [-0.05, 0) is 74.9 Å². The van der Waals surface area contributed by atoms with Gasteiger partial charge in [0.2, 0.25) is 0 Å². The second-order valence-electron chi connectivity index (χ2n) is 11.0. The summed E-state index contributed by atoms with van der Waals surface area (Å²) < 4.78 is 11.6. The molecule has 0 aliphatic carbocycles. The van der Waals surface area contributed by atoms with Crippen molar-refractivity contribution in [1.82, 2.24) is 4.90 Å². The molecule has 0 radical (unpaired) electrons. The third kappa shape index (κ3) is 6.67. The molecule has 6 nitrogen and oxygen atoms in total. The molecule has 0 bridgehead atoms. The molecule has 0 aromatic heterocycles. The maximum atomic E-state index is 12.7. The summed E-state index contributed by atoms with van der Waals surface area (Å²) in [6.07, 6.45) is 2.41. The van der Waals surface area contributed by atoms with Crippen LogP contribution in [0.3, 0.4) is 0 Å². The molecular weight excluding hydrogens is 478 g/mol. The summed E-state index contributed by atoms with van der Waals surface area (Å²) in [6.45, 7) is 7.36. The Balaban J connectivity index is 1.52. The van der Waals surface area contributed by atoms with Crippen molar-refractivity contribution in [1.29, 1.82) is 0 Å². The quantitative estimate of drug-likeness (QED) is 0.391.